The maximum absolute atomic E-state index is 5.63. The first kappa shape index (κ1) is 12.9. The molecule has 0 unspecified atom stereocenters. The maximum atomic E-state index is 5.63. The van der Waals surface area contributed by atoms with Crippen LogP contribution in [0.1, 0.15) is 30.4 Å². The molecule has 3 rings (SSSR count). The lowest BCUT2D eigenvalue weighted by Gasteiger charge is -2.11. The van der Waals surface area contributed by atoms with Crippen molar-refractivity contribution >= 4 is 5.57 Å². The molecule has 0 aliphatic heterocycles. The van der Waals surface area contributed by atoms with Gasteiger partial charge in [0.2, 0.25) is 0 Å². The van der Waals surface area contributed by atoms with E-state index in [4.69, 9.17) is 4.84 Å². The molecule has 1 aromatic heterocycles. The van der Waals surface area contributed by atoms with Crippen LogP contribution in [-0.4, -0.2) is 4.98 Å². The second kappa shape index (κ2) is 6.35. The third-order valence-electron chi connectivity index (χ3n) is 3.50. The van der Waals surface area contributed by atoms with E-state index in [2.05, 4.69) is 28.7 Å². The number of hydrogen-bond acceptors (Lipinski definition) is 3. The van der Waals surface area contributed by atoms with Crippen molar-refractivity contribution in [1.82, 2.24) is 10.5 Å². The van der Waals surface area contributed by atoms with Gasteiger partial charge in [-0.2, -0.15) is 0 Å². The molecule has 0 atom stereocenters. The van der Waals surface area contributed by atoms with Crippen molar-refractivity contribution in [3.8, 4) is 0 Å². The molecule has 1 heterocycles. The summed E-state index contributed by atoms with van der Waals surface area (Å²) in [4.78, 5) is 9.82. The average molecular weight is 266 g/mol. The molecule has 102 valence electrons. The van der Waals surface area contributed by atoms with Crippen molar-refractivity contribution in [3.63, 3.8) is 0 Å². The van der Waals surface area contributed by atoms with Crippen LogP contribution in [0.25, 0.3) is 5.57 Å². The molecule has 3 nitrogen and oxygen atoms in total. The molecule has 0 saturated carbocycles. The van der Waals surface area contributed by atoms with Gasteiger partial charge in [-0.1, -0.05) is 36.4 Å². The molecule has 0 radical (unpaired) electrons. The zero-order valence-corrected chi connectivity index (χ0v) is 11.4. The molecule has 0 fully saturated rings. The van der Waals surface area contributed by atoms with Gasteiger partial charge in [0.15, 0.2) is 0 Å². The van der Waals surface area contributed by atoms with E-state index in [-0.39, 0.29) is 0 Å². The molecule has 20 heavy (non-hydrogen) atoms. The molecular formula is C17H18N2O. The zero-order valence-electron chi connectivity index (χ0n) is 11.4. The molecule has 0 bridgehead atoms. The second-order valence-electron chi connectivity index (χ2n) is 4.93. The standard InChI is InChI=1S/C17H18N2O/c1-2-6-14(7-3-1)13-20-19-17-10-4-9-16(17)15-8-5-11-18-12-15/h1-3,5-8,11-12,19H,4,9-10,13H2. The fraction of sp³-hybridized carbons (Fsp3) is 0.235. The highest BCUT2D eigenvalue weighted by Gasteiger charge is 2.16. The highest BCUT2D eigenvalue weighted by Crippen LogP contribution is 2.31. The van der Waals surface area contributed by atoms with Crippen molar-refractivity contribution in [3.05, 3.63) is 71.7 Å². The summed E-state index contributed by atoms with van der Waals surface area (Å²) in [7, 11) is 0. The molecule has 0 saturated heterocycles. The Morgan fingerprint density at radius 1 is 1.05 bits per heavy atom. The second-order valence-corrected chi connectivity index (χ2v) is 4.93. The van der Waals surface area contributed by atoms with Crippen LogP contribution in [0.15, 0.2) is 60.6 Å². The van der Waals surface area contributed by atoms with Crippen molar-refractivity contribution in [2.75, 3.05) is 0 Å². The van der Waals surface area contributed by atoms with E-state index < -0.39 is 0 Å². The van der Waals surface area contributed by atoms with Crippen LogP contribution in [0.4, 0.5) is 0 Å². The number of hydrogen-bond donors (Lipinski definition) is 1. The van der Waals surface area contributed by atoms with Crippen molar-refractivity contribution in [2.24, 2.45) is 0 Å². The first-order valence-electron chi connectivity index (χ1n) is 6.97. The van der Waals surface area contributed by atoms with Crippen LogP contribution in [0.5, 0.6) is 0 Å². The Morgan fingerprint density at radius 2 is 1.95 bits per heavy atom. The molecule has 3 heteroatoms. The van der Waals surface area contributed by atoms with Crippen molar-refractivity contribution in [2.45, 2.75) is 25.9 Å². The molecule has 1 N–H and O–H groups in total. The number of pyridine rings is 1. The van der Waals surface area contributed by atoms with E-state index in [0.717, 1.165) is 12.8 Å². The molecular weight excluding hydrogens is 248 g/mol. The number of hydroxylamine groups is 1. The van der Waals surface area contributed by atoms with Gasteiger partial charge in [0.1, 0.15) is 0 Å². The summed E-state index contributed by atoms with van der Waals surface area (Å²) in [5, 5.41) is 0. The minimum atomic E-state index is 0.574. The highest BCUT2D eigenvalue weighted by molar-refractivity contribution is 5.69. The van der Waals surface area contributed by atoms with E-state index in [1.807, 2.05) is 30.5 Å². The third-order valence-corrected chi connectivity index (χ3v) is 3.50. The Balaban J connectivity index is 1.64. The van der Waals surface area contributed by atoms with E-state index in [1.165, 1.54) is 28.8 Å². The number of nitrogens with one attached hydrogen (secondary N) is 1. The van der Waals surface area contributed by atoms with Crippen LogP contribution in [0.3, 0.4) is 0 Å². The summed E-state index contributed by atoms with van der Waals surface area (Å²) >= 11 is 0. The van der Waals surface area contributed by atoms with Crippen LogP contribution in [0.2, 0.25) is 0 Å². The minimum absolute atomic E-state index is 0.574. The summed E-state index contributed by atoms with van der Waals surface area (Å²) in [5.74, 6) is 0. The fourth-order valence-electron chi connectivity index (χ4n) is 2.50. The smallest absolute Gasteiger partial charge is 0.0996 e. The number of aromatic nitrogens is 1. The summed E-state index contributed by atoms with van der Waals surface area (Å²) in [5.41, 5.74) is 8.00. The molecule has 0 spiro atoms. The first-order chi connectivity index (χ1) is 9.93. The Bertz CT molecular complexity index is 578. The Labute approximate surface area is 119 Å². The largest absolute Gasteiger partial charge is 0.272 e. The fourth-order valence-corrected chi connectivity index (χ4v) is 2.50. The van der Waals surface area contributed by atoms with Crippen LogP contribution in [-0.2, 0) is 11.4 Å². The topological polar surface area (TPSA) is 34.1 Å². The summed E-state index contributed by atoms with van der Waals surface area (Å²) in [6.07, 6.45) is 7.01. The lowest BCUT2D eigenvalue weighted by molar-refractivity contribution is 0.0481. The molecule has 1 aromatic carbocycles. The summed E-state index contributed by atoms with van der Waals surface area (Å²) < 4.78 is 0. The van der Waals surface area contributed by atoms with Gasteiger partial charge in [0, 0.05) is 18.1 Å². The molecule has 1 aliphatic carbocycles. The van der Waals surface area contributed by atoms with E-state index in [9.17, 15) is 0 Å². The van der Waals surface area contributed by atoms with E-state index in [1.54, 1.807) is 6.20 Å². The van der Waals surface area contributed by atoms with Crippen LogP contribution >= 0.6 is 0 Å². The number of nitrogens with zero attached hydrogens (tertiary/aromatic N) is 1. The van der Waals surface area contributed by atoms with Gasteiger partial charge in [-0.05, 0) is 42.0 Å². The number of allylic oxidation sites excluding steroid dienone is 2. The van der Waals surface area contributed by atoms with Gasteiger partial charge < -0.3 is 0 Å². The Hall–Kier alpha value is -2.13. The number of rotatable bonds is 5. The minimum Gasteiger partial charge on any atom is -0.272 e. The Morgan fingerprint density at radius 3 is 2.75 bits per heavy atom. The van der Waals surface area contributed by atoms with Gasteiger partial charge in [0.25, 0.3) is 0 Å². The molecule has 2 aromatic rings. The lowest BCUT2D eigenvalue weighted by Crippen LogP contribution is -2.13. The van der Waals surface area contributed by atoms with E-state index in [0.29, 0.717) is 6.61 Å². The quantitative estimate of drug-likeness (QED) is 0.838. The number of benzene rings is 1. The lowest BCUT2D eigenvalue weighted by atomic mass is 10.1. The molecule has 1 aliphatic rings. The average Bonchev–Trinajstić information content (AvgIpc) is 2.98. The van der Waals surface area contributed by atoms with Gasteiger partial charge in [-0.3, -0.25) is 15.3 Å². The highest BCUT2D eigenvalue weighted by atomic mass is 16.6. The van der Waals surface area contributed by atoms with Crippen molar-refractivity contribution in [1.29, 1.82) is 0 Å². The monoisotopic (exact) mass is 266 g/mol. The van der Waals surface area contributed by atoms with E-state index >= 15 is 0 Å². The van der Waals surface area contributed by atoms with Crippen LogP contribution < -0.4 is 5.48 Å². The third kappa shape index (κ3) is 3.06. The maximum Gasteiger partial charge on any atom is 0.0996 e. The van der Waals surface area contributed by atoms with Gasteiger partial charge >= 0.3 is 0 Å². The predicted molar refractivity (Wildman–Crippen MR) is 79.4 cm³/mol. The SMILES string of the molecule is c1ccc(CONC2=C(c3cccnc3)CCC2)cc1. The normalized spacial score (nSPS) is 14.6. The first-order valence-corrected chi connectivity index (χ1v) is 6.97. The Kier molecular flexibility index (Phi) is 4.09. The summed E-state index contributed by atoms with van der Waals surface area (Å²) in [6, 6.07) is 14.3. The summed E-state index contributed by atoms with van der Waals surface area (Å²) in [6.45, 7) is 0.574. The molecule has 0 amide bonds. The van der Waals surface area contributed by atoms with Crippen LogP contribution in [0, 0.1) is 0 Å². The van der Waals surface area contributed by atoms with Gasteiger partial charge in [-0.15, -0.1) is 0 Å². The zero-order chi connectivity index (χ0) is 13.6. The van der Waals surface area contributed by atoms with Gasteiger partial charge in [0.05, 0.1) is 6.61 Å². The predicted octanol–water partition coefficient (Wildman–Crippen LogP) is 3.70. The van der Waals surface area contributed by atoms with Gasteiger partial charge in [-0.25, -0.2) is 0 Å². The van der Waals surface area contributed by atoms with Crippen molar-refractivity contribution < 1.29 is 4.84 Å².